The maximum atomic E-state index is 13.1. The zero-order valence-corrected chi connectivity index (χ0v) is 14.1. The second-order valence-corrected chi connectivity index (χ2v) is 6.22. The van der Waals surface area contributed by atoms with Crippen LogP contribution < -0.4 is 5.32 Å². The molecule has 1 aromatic heterocycles. The predicted octanol–water partition coefficient (Wildman–Crippen LogP) is 3.62. The van der Waals surface area contributed by atoms with Crippen LogP contribution >= 0.6 is 0 Å². The summed E-state index contributed by atoms with van der Waals surface area (Å²) in [6.07, 6.45) is 0.913. The van der Waals surface area contributed by atoms with E-state index in [0.29, 0.717) is 23.4 Å². The Bertz CT molecular complexity index is 1030. The molecule has 0 aliphatic carbocycles. The molecule has 2 aromatic carbocycles. The number of nitrogens with one attached hydrogen (secondary N) is 1. The van der Waals surface area contributed by atoms with Crippen molar-refractivity contribution < 1.29 is 9.50 Å². The normalized spacial score (nSPS) is 14.9. The van der Waals surface area contributed by atoms with Gasteiger partial charge in [-0.05, 0) is 48.4 Å². The third-order valence-corrected chi connectivity index (χ3v) is 4.18. The Morgan fingerprint density at radius 3 is 2.58 bits per heavy atom. The zero-order chi connectivity index (χ0) is 18.1. The summed E-state index contributed by atoms with van der Waals surface area (Å²) in [5.41, 5.74) is 2.40. The minimum Gasteiger partial charge on any atom is -0.380 e. The maximum absolute atomic E-state index is 13.1. The summed E-state index contributed by atoms with van der Waals surface area (Å²) < 4.78 is 13.1. The fourth-order valence-electron chi connectivity index (χ4n) is 2.84. The van der Waals surface area contributed by atoms with Crippen molar-refractivity contribution >= 4 is 22.6 Å². The van der Waals surface area contributed by atoms with Crippen LogP contribution in [0.5, 0.6) is 0 Å². The average Bonchev–Trinajstić information content (AvgIpc) is 3.06. The maximum Gasteiger partial charge on any atom is 0.164 e. The number of rotatable bonds is 3. The number of aromatic nitrogens is 2. The van der Waals surface area contributed by atoms with Gasteiger partial charge in [0, 0.05) is 5.39 Å². The third-order valence-electron chi connectivity index (χ3n) is 4.18. The molecule has 5 nitrogen and oxygen atoms in total. The van der Waals surface area contributed by atoms with Crippen molar-refractivity contribution in [3.63, 3.8) is 0 Å². The first-order valence-electron chi connectivity index (χ1n) is 8.29. The number of fused-ring (bicyclic) bond motifs is 1. The minimum absolute atomic E-state index is 0.247. The molecule has 26 heavy (non-hydrogen) atoms. The van der Waals surface area contributed by atoms with Crippen molar-refractivity contribution in [2.75, 3.05) is 11.9 Å². The molecule has 1 atom stereocenters. The second-order valence-electron chi connectivity index (χ2n) is 6.22. The fourth-order valence-corrected chi connectivity index (χ4v) is 2.84. The van der Waals surface area contributed by atoms with Crippen molar-refractivity contribution in [2.45, 2.75) is 13.0 Å². The Balaban J connectivity index is 1.77. The van der Waals surface area contributed by atoms with Crippen molar-refractivity contribution in [3.8, 4) is 0 Å². The molecular formula is C20H17FN4O. The van der Waals surface area contributed by atoms with Crippen molar-refractivity contribution in [1.82, 2.24) is 9.97 Å². The quantitative estimate of drug-likeness (QED) is 0.758. The van der Waals surface area contributed by atoms with E-state index in [1.807, 2.05) is 37.3 Å². The number of aliphatic hydroxyl groups is 1. The first kappa shape index (κ1) is 16.4. The predicted molar refractivity (Wildman–Crippen MR) is 99.7 cm³/mol. The second kappa shape index (κ2) is 6.65. The Hall–Kier alpha value is -3.12. The summed E-state index contributed by atoms with van der Waals surface area (Å²) in [6, 6.07) is 13.2. The van der Waals surface area contributed by atoms with Crippen molar-refractivity contribution in [3.05, 3.63) is 77.4 Å². The van der Waals surface area contributed by atoms with Crippen LogP contribution in [0, 0.1) is 5.82 Å². The standard InChI is InChI=1S/C20H17FN4O/c1-12-10-17(22-11-12)24-19-15-4-2-3-5-16(15)23-20(25-19)18(26)13-6-8-14(21)9-7-13/h2-10,18,26H,11H2,1H3,(H,22,23,24,25)/t18-/m0/s1. The summed E-state index contributed by atoms with van der Waals surface area (Å²) in [5.74, 6) is 1.20. The molecule has 2 heterocycles. The highest BCUT2D eigenvalue weighted by atomic mass is 19.1. The van der Waals surface area contributed by atoms with Gasteiger partial charge in [-0.15, -0.1) is 0 Å². The smallest absolute Gasteiger partial charge is 0.164 e. The van der Waals surface area contributed by atoms with E-state index < -0.39 is 6.10 Å². The number of benzene rings is 2. The molecule has 1 aliphatic rings. The number of halogens is 1. The van der Waals surface area contributed by atoms with Crippen LogP contribution in [0.25, 0.3) is 10.9 Å². The zero-order valence-electron chi connectivity index (χ0n) is 14.1. The highest BCUT2D eigenvalue weighted by molar-refractivity contribution is 6.08. The van der Waals surface area contributed by atoms with Gasteiger partial charge in [0.05, 0.1) is 12.1 Å². The van der Waals surface area contributed by atoms with E-state index in [9.17, 15) is 9.50 Å². The van der Waals surface area contributed by atoms with Crippen LogP contribution in [-0.4, -0.2) is 27.5 Å². The molecule has 0 unspecified atom stereocenters. The lowest BCUT2D eigenvalue weighted by atomic mass is 10.1. The molecular weight excluding hydrogens is 331 g/mol. The monoisotopic (exact) mass is 348 g/mol. The van der Waals surface area contributed by atoms with E-state index in [1.165, 1.54) is 24.3 Å². The summed E-state index contributed by atoms with van der Waals surface area (Å²) in [5, 5.41) is 14.7. The molecule has 130 valence electrons. The molecule has 3 aromatic rings. The van der Waals surface area contributed by atoms with E-state index in [2.05, 4.69) is 20.3 Å². The number of nitrogens with zero attached hydrogens (tertiary/aromatic N) is 3. The largest absolute Gasteiger partial charge is 0.380 e. The van der Waals surface area contributed by atoms with Crippen LogP contribution in [0.2, 0.25) is 0 Å². The van der Waals surface area contributed by atoms with E-state index in [1.54, 1.807) is 0 Å². The molecule has 0 radical (unpaired) electrons. The van der Waals surface area contributed by atoms with E-state index >= 15 is 0 Å². The van der Waals surface area contributed by atoms with E-state index in [4.69, 9.17) is 0 Å². The number of aliphatic hydroxyl groups excluding tert-OH is 1. The molecule has 0 bridgehead atoms. The Morgan fingerprint density at radius 2 is 1.85 bits per heavy atom. The number of hydrogen-bond donors (Lipinski definition) is 2. The first-order chi connectivity index (χ1) is 12.6. The van der Waals surface area contributed by atoms with Gasteiger partial charge in [-0.1, -0.05) is 24.3 Å². The molecule has 0 fully saturated rings. The molecule has 0 saturated heterocycles. The molecule has 6 heteroatoms. The fraction of sp³-hybridized carbons (Fsp3) is 0.150. The lowest BCUT2D eigenvalue weighted by molar-refractivity contribution is 0.210. The van der Waals surface area contributed by atoms with Crippen LogP contribution in [0.3, 0.4) is 0 Å². The van der Waals surface area contributed by atoms with E-state index in [0.717, 1.165) is 16.8 Å². The van der Waals surface area contributed by atoms with Gasteiger partial charge >= 0.3 is 0 Å². The van der Waals surface area contributed by atoms with Gasteiger partial charge in [0.1, 0.15) is 23.6 Å². The molecule has 1 aliphatic heterocycles. The van der Waals surface area contributed by atoms with Crippen LogP contribution in [0.15, 0.2) is 65.2 Å². The highest BCUT2D eigenvalue weighted by Gasteiger charge is 2.18. The summed E-state index contributed by atoms with van der Waals surface area (Å²) in [4.78, 5) is 13.4. The van der Waals surface area contributed by atoms with Gasteiger partial charge in [-0.3, -0.25) is 4.99 Å². The van der Waals surface area contributed by atoms with Crippen LogP contribution in [0.4, 0.5) is 10.2 Å². The minimum atomic E-state index is -1.05. The van der Waals surface area contributed by atoms with Gasteiger partial charge in [-0.2, -0.15) is 0 Å². The molecule has 4 rings (SSSR count). The molecule has 2 N–H and O–H groups in total. The lowest BCUT2D eigenvalue weighted by Crippen LogP contribution is -2.13. The average molecular weight is 348 g/mol. The Morgan fingerprint density at radius 1 is 1.08 bits per heavy atom. The lowest BCUT2D eigenvalue weighted by Gasteiger charge is -2.14. The van der Waals surface area contributed by atoms with Crippen LogP contribution in [-0.2, 0) is 0 Å². The summed E-state index contributed by atoms with van der Waals surface area (Å²) in [6.45, 7) is 2.68. The number of hydrogen-bond acceptors (Lipinski definition) is 5. The number of amidine groups is 1. The van der Waals surface area contributed by atoms with Gasteiger partial charge in [0.2, 0.25) is 0 Å². The van der Waals surface area contributed by atoms with E-state index in [-0.39, 0.29) is 11.6 Å². The summed E-state index contributed by atoms with van der Waals surface area (Å²) >= 11 is 0. The topological polar surface area (TPSA) is 70.4 Å². The van der Waals surface area contributed by atoms with Crippen LogP contribution in [0.1, 0.15) is 24.4 Å². The Kier molecular flexibility index (Phi) is 4.18. The highest BCUT2D eigenvalue weighted by Crippen LogP contribution is 2.26. The SMILES string of the molecule is CC1=CC(Nc2nc([C@@H](O)c3ccc(F)cc3)nc3ccccc23)=NC1. The number of aliphatic imine (C=N–C) groups is 1. The van der Waals surface area contributed by atoms with Gasteiger partial charge in [0.15, 0.2) is 5.82 Å². The van der Waals surface area contributed by atoms with Gasteiger partial charge in [0.25, 0.3) is 0 Å². The summed E-state index contributed by atoms with van der Waals surface area (Å²) in [7, 11) is 0. The van der Waals surface area contributed by atoms with Crippen molar-refractivity contribution in [2.24, 2.45) is 4.99 Å². The van der Waals surface area contributed by atoms with Crippen molar-refractivity contribution in [1.29, 1.82) is 0 Å². The first-order valence-corrected chi connectivity index (χ1v) is 8.29. The number of anilines is 1. The number of para-hydroxylation sites is 1. The van der Waals surface area contributed by atoms with Gasteiger partial charge < -0.3 is 10.4 Å². The van der Waals surface area contributed by atoms with Gasteiger partial charge in [-0.25, -0.2) is 14.4 Å². The molecule has 0 spiro atoms. The Labute approximate surface area is 150 Å². The molecule has 0 saturated carbocycles. The third kappa shape index (κ3) is 3.19. The molecule has 0 amide bonds.